The van der Waals surface area contributed by atoms with Gasteiger partial charge in [-0.2, -0.15) is 0 Å². The van der Waals surface area contributed by atoms with Crippen LogP contribution in [0.5, 0.6) is 0 Å². The summed E-state index contributed by atoms with van der Waals surface area (Å²) in [4.78, 5) is 49.3. The summed E-state index contributed by atoms with van der Waals surface area (Å²) < 4.78 is 36.6. The average Bonchev–Trinajstić information content (AvgIpc) is 3.31. The number of sulfonamides is 1. The van der Waals surface area contributed by atoms with E-state index in [0.29, 0.717) is 0 Å². The molecule has 2 N–H and O–H groups in total. The number of amides is 2. The molecule has 194 valence electrons. The number of anilines is 1. The van der Waals surface area contributed by atoms with Crippen molar-refractivity contribution < 1.29 is 37.1 Å². The number of carbonyl (C=O) groups excluding carboxylic acids is 4. The number of benzene rings is 2. The summed E-state index contributed by atoms with van der Waals surface area (Å²) in [7, 11) is -4.17. The van der Waals surface area contributed by atoms with Gasteiger partial charge in [-0.3, -0.25) is 9.59 Å². The zero-order chi connectivity index (χ0) is 27.0. The smallest absolute Gasteiger partial charge is 0.341 e. The lowest BCUT2D eigenvalue weighted by molar-refractivity contribution is -0.119. The Bertz CT molecular complexity index is 1420. The molecule has 3 aromatic rings. The molecule has 1 heterocycles. The third-order valence-electron chi connectivity index (χ3n) is 4.82. The summed E-state index contributed by atoms with van der Waals surface area (Å²) in [6.45, 7) is 2.62. The lowest BCUT2D eigenvalue weighted by Crippen LogP contribution is -2.30. The van der Waals surface area contributed by atoms with Crippen LogP contribution in [0.2, 0.25) is 0 Å². The normalized spacial score (nSPS) is 10.9. The first-order valence-corrected chi connectivity index (χ1v) is 13.4. The van der Waals surface area contributed by atoms with Crippen LogP contribution in [0.3, 0.4) is 0 Å². The first-order valence-electron chi connectivity index (χ1n) is 11.1. The standard InChI is InChI=1S/C25H24N2O8S2/c1-3-21(28)27-37(32,33)18-12-8-11-17(13-18)24(30)35-15-22(29)26-23-19(25(31)34-4-2)14-20(36-23)16-9-6-5-7-10-16/h5-14H,3-4,15H2,1-2H3,(H,26,29)(H,27,28). The molecule has 0 atom stereocenters. The molecule has 0 aliphatic rings. The van der Waals surface area contributed by atoms with Crippen molar-refractivity contribution in [2.75, 3.05) is 18.5 Å². The van der Waals surface area contributed by atoms with Crippen molar-refractivity contribution in [1.29, 1.82) is 0 Å². The Balaban J connectivity index is 1.70. The van der Waals surface area contributed by atoms with E-state index in [2.05, 4.69) is 5.32 Å². The Kier molecular flexibility index (Phi) is 9.15. The van der Waals surface area contributed by atoms with Gasteiger partial charge in [-0.15, -0.1) is 11.3 Å². The van der Waals surface area contributed by atoms with E-state index in [4.69, 9.17) is 9.47 Å². The minimum Gasteiger partial charge on any atom is -0.462 e. The lowest BCUT2D eigenvalue weighted by Gasteiger charge is -2.09. The number of thiophene rings is 1. The van der Waals surface area contributed by atoms with E-state index in [1.807, 2.05) is 35.1 Å². The first-order chi connectivity index (χ1) is 17.6. The molecule has 0 bridgehead atoms. The van der Waals surface area contributed by atoms with Crippen LogP contribution in [-0.2, 0) is 29.1 Å². The van der Waals surface area contributed by atoms with E-state index < -0.39 is 40.4 Å². The van der Waals surface area contributed by atoms with Gasteiger partial charge in [0.25, 0.3) is 15.9 Å². The van der Waals surface area contributed by atoms with E-state index in [9.17, 15) is 27.6 Å². The largest absolute Gasteiger partial charge is 0.462 e. The molecule has 0 aliphatic carbocycles. The average molecular weight is 545 g/mol. The predicted molar refractivity (Wildman–Crippen MR) is 137 cm³/mol. The zero-order valence-corrected chi connectivity index (χ0v) is 21.6. The molecule has 0 aliphatic heterocycles. The fraction of sp³-hybridized carbons (Fsp3) is 0.200. The van der Waals surface area contributed by atoms with Crippen molar-refractivity contribution in [2.24, 2.45) is 0 Å². The van der Waals surface area contributed by atoms with Crippen LogP contribution in [-0.4, -0.2) is 45.4 Å². The van der Waals surface area contributed by atoms with Crippen LogP contribution < -0.4 is 10.0 Å². The molecule has 2 amide bonds. The summed E-state index contributed by atoms with van der Waals surface area (Å²) in [5.74, 6) is -2.97. The molecule has 0 saturated carbocycles. The number of hydrogen-bond acceptors (Lipinski definition) is 9. The number of rotatable bonds is 10. The minimum absolute atomic E-state index is 0.0367. The number of esters is 2. The van der Waals surface area contributed by atoms with Crippen LogP contribution in [0.15, 0.2) is 65.6 Å². The Morgan fingerprint density at radius 3 is 2.27 bits per heavy atom. The Morgan fingerprint density at radius 2 is 1.59 bits per heavy atom. The quantitative estimate of drug-likeness (QED) is 0.368. The van der Waals surface area contributed by atoms with Crippen LogP contribution in [0.4, 0.5) is 5.00 Å². The maximum atomic E-state index is 12.5. The van der Waals surface area contributed by atoms with Crippen molar-refractivity contribution in [3.05, 3.63) is 71.8 Å². The van der Waals surface area contributed by atoms with Crippen molar-refractivity contribution in [3.8, 4) is 10.4 Å². The summed E-state index contributed by atoms with van der Waals surface area (Å²) >= 11 is 1.16. The third-order valence-corrected chi connectivity index (χ3v) is 7.29. The van der Waals surface area contributed by atoms with Gasteiger partial charge in [-0.25, -0.2) is 22.7 Å². The molecule has 0 unspecified atom stereocenters. The van der Waals surface area contributed by atoms with Gasteiger partial charge in [0.15, 0.2) is 6.61 Å². The molecule has 10 nitrogen and oxygen atoms in total. The number of nitrogens with one attached hydrogen (secondary N) is 2. The highest BCUT2D eigenvalue weighted by molar-refractivity contribution is 7.90. The number of hydrogen-bond donors (Lipinski definition) is 2. The van der Waals surface area contributed by atoms with Gasteiger partial charge in [0.2, 0.25) is 5.91 Å². The highest BCUT2D eigenvalue weighted by Crippen LogP contribution is 2.36. The van der Waals surface area contributed by atoms with Crippen molar-refractivity contribution >= 4 is 50.1 Å². The second-order valence-electron chi connectivity index (χ2n) is 7.47. The molecule has 2 aromatic carbocycles. The lowest BCUT2D eigenvalue weighted by atomic mass is 10.1. The summed E-state index contributed by atoms with van der Waals surface area (Å²) in [6.07, 6.45) is -0.0367. The van der Waals surface area contributed by atoms with Crippen LogP contribution in [0.1, 0.15) is 41.0 Å². The molecular formula is C25H24N2O8S2. The van der Waals surface area contributed by atoms with E-state index in [1.54, 1.807) is 13.0 Å². The summed E-state index contributed by atoms with van der Waals surface area (Å²) in [5, 5.41) is 2.80. The van der Waals surface area contributed by atoms with Gasteiger partial charge >= 0.3 is 11.9 Å². The van der Waals surface area contributed by atoms with Gasteiger partial charge < -0.3 is 14.8 Å². The van der Waals surface area contributed by atoms with Gasteiger partial charge in [0.05, 0.1) is 22.6 Å². The highest BCUT2D eigenvalue weighted by Gasteiger charge is 2.22. The van der Waals surface area contributed by atoms with Crippen molar-refractivity contribution in [3.63, 3.8) is 0 Å². The molecule has 0 radical (unpaired) electrons. The topological polar surface area (TPSA) is 145 Å². The maximum absolute atomic E-state index is 12.5. The van der Waals surface area contributed by atoms with Crippen molar-refractivity contribution in [1.82, 2.24) is 4.72 Å². The number of ether oxygens (including phenoxy) is 2. The second kappa shape index (κ2) is 12.3. The molecule has 37 heavy (non-hydrogen) atoms. The fourth-order valence-electron chi connectivity index (χ4n) is 3.04. The molecule has 12 heteroatoms. The van der Waals surface area contributed by atoms with Gasteiger partial charge in [-0.05, 0) is 36.8 Å². The predicted octanol–water partition coefficient (Wildman–Crippen LogP) is 3.60. The van der Waals surface area contributed by atoms with E-state index in [0.717, 1.165) is 27.8 Å². The van der Waals surface area contributed by atoms with E-state index >= 15 is 0 Å². The van der Waals surface area contributed by atoms with E-state index in [1.165, 1.54) is 25.1 Å². The highest BCUT2D eigenvalue weighted by atomic mass is 32.2. The van der Waals surface area contributed by atoms with Gasteiger partial charge in [0.1, 0.15) is 5.00 Å². The van der Waals surface area contributed by atoms with Crippen LogP contribution in [0, 0.1) is 0 Å². The molecule has 3 rings (SSSR count). The molecule has 0 saturated heterocycles. The van der Waals surface area contributed by atoms with Crippen molar-refractivity contribution in [2.45, 2.75) is 25.2 Å². The molecular weight excluding hydrogens is 520 g/mol. The van der Waals surface area contributed by atoms with Crippen LogP contribution in [0.25, 0.3) is 10.4 Å². The maximum Gasteiger partial charge on any atom is 0.341 e. The van der Waals surface area contributed by atoms with Gasteiger partial charge in [0, 0.05) is 11.3 Å². The SMILES string of the molecule is CCOC(=O)c1cc(-c2ccccc2)sc1NC(=O)COC(=O)c1cccc(S(=O)(=O)NC(=O)CC)c1. The Labute approximate surface area is 217 Å². The third kappa shape index (κ3) is 7.24. The monoisotopic (exact) mass is 544 g/mol. The Morgan fingerprint density at radius 1 is 0.865 bits per heavy atom. The van der Waals surface area contributed by atoms with E-state index in [-0.39, 0.29) is 34.1 Å². The first kappa shape index (κ1) is 27.6. The summed E-state index contributed by atoms with van der Waals surface area (Å²) in [6, 6.07) is 15.7. The van der Waals surface area contributed by atoms with Crippen LogP contribution >= 0.6 is 11.3 Å². The molecule has 0 spiro atoms. The zero-order valence-electron chi connectivity index (χ0n) is 20.0. The summed E-state index contributed by atoms with van der Waals surface area (Å²) in [5.41, 5.74) is 0.877. The fourth-order valence-corrected chi connectivity index (χ4v) is 5.21. The Hall–Kier alpha value is -4.03. The van der Waals surface area contributed by atoms with Gasteiger partial charge in [-0.1, -0.05) is 43.3 Å². The minimum atomic E-state index is -4.17. The molecule has 0 fully saturated rings. The number of carbonyl (C=O) groups is 4. The molecule has 1 aromatic heterocycles. The second-order valence-corrected chi connectivity index (χ2v) is 10.2.